The van der Waals surface area contributed by atoms with Crippen molar-refractivity contribution < 1.29 is 23.5 Å². The maximum Gasteiger partial charge on any atom is 0.293 e. The molecule has 0 spiro atoms. The second kappa shape index (κ2) is 9.26. The van der Waals surface area contributed by atoms with E-state index in [1.54, 1.807) is 54.6 Å². The first-order valence-corrected chi connectivity index (χ1v) is 10.0. The zero-order valence-electron chi connectivity index (χ0n) is 17.7. The van der Waals surface area contributed by atoms with Crippen molar-refractivity contribution in [3.8, 4) is 11.5 Å². The third-order valence-electron chi connectivity index (χ3n) is 4.80. The Labute approximate surface area is 184 Å². The van der Waals surface area contributed by atoms with Gasteiger partial charge in [-0.05, 0) is 43.3 Å². The fourth-order valence-electron chi connectivity index (χ4n) is 3.21. The van der Waals surface area contributed by atoms with Gasteiger partial charge in [-0.1, -0.05) is 42.0 Å². The molecule has 162 valence electrons. The molecule has 3 aromatic carbocycles. The van der Waals surface area contributed by atoms with Gasteiger partial charge in [0.25, 0.3) is 11.8 Å². The predicted octanol–water partition coefficient (Wildman–Crippen LogP) is 5.02. The second-order valence-corrected chi connectivity index (χ2v) is 7.11. The van der Waals surface area contributed by atoms with Crippen molar-refractivity contribution in [1.82, 2.24) is 0 Å². The SMILES string of the molecule is COc1ccccc1OCC(=O)Nc1c(C(=O)Nc2ccc(C)cc2)oc2ccccc12. The Morgan fingerprint density at radius 2 is 1.56 bits per heavy atom. The van der Waals surface area contributed by atoms with Crippen molar-refractivity contribution >= 4 is 34.2 Å². The highest BCUT2D eigenvalue weighted by atomic mass is 16.5. The molecule has 4 rings (SSSR count). The van der Waals surface area contributed by atoms with E-state index >= 15 is 0 Å². The first-order valence-electron chi connectivity index (χ1n) is 10.0. The third kappa shape index (κ3) is 4.57. The summed E-state index contributed by atoms with van der Waals surface area (Å²) in [6, 6.07) is 21.5. The molecular weight excluding hydrogens is 408 g/mol. The van der Waals surface area contributed by atoms with Gasteiger partial charge in [-0.25, -0.2) is 0 Å². The Kier molecular flexibility index (Phi) is 6.07. The van der Waals surface area contributed by atoms with E-state index in [1.165, 1.54) is 7.11 Å². The standard InChI is InChI=1S/C25H22N2O5/c1-16-11-13-17(14-12-16)26-25(29)24-23(18-7-3-4-8-19(18)32-24)27-22(28)15-31-21-10-6-5-9-20(21)30-2/h3-14H,15H2,1-2H3,(H,26,29)(H,27,28). The van der Waals surface area contributed by atoms with Gasteiger partial charge in [0.2, 0.25) is 5.76 Å². The molecule has 4 aromatic rings. The van der Waals surface area contributed by atoms with Crippen LogP contribution in [0.2, 0.25) is 0 Å². The van der Waals surface area contributed by atoms with Gasteiger partial charge in [-0.2, -0.15) is 0 Å². The summed E-state index contributed by atoms with van der Waals surface area (Å²) in [4.78, 5) is 25.6. The largest absolute Gasteiger partial charge is 0.493 e. The van der Waals surface area contributed by atoms with Gasteiger partial charge < -0.3 is 24.5 Å². The Balaban J connectivity index is 1.55. The summed E-state index contributed by atoms with van der Waals surface area (Å²) in [5, 5.41) is 6.18. The summed E-state index contributed by atoms with van der Waals surface area (Å²) in [6.45, 7) is 1.70. The Morgan fingerprint density at radius 1 is 0.875 bits per heavy atom. The van der Waals surface area contributed by atoms with Crippen LogP contribution in [0.5, 0.6) is 11.5 Å². The van der Waals surface area contributed by atoms with E-state index in [2.05, 4.69) is 10.6 Å². The number of benzene rings is 3. The molecule has 0 bridgehead atoms. The number of ether oxygens (including phenoxy) is 2. The highest BCUT2D eigenvalue weighted by Gasteiger charge is 2.22. The van der Waals surface area contributed by atoms with Crippen LogP contribution in [0.15, 0.2) is 77.2 Å². The number of furan rings is 1. The Morgan fingerprint density at radius 3 is 2.31 bits per heavy atom. The zero-order valence-corrected chi connectivity index (χ0v) is 17.7. The summed E-state index contributed by atoms with van der Waals surface area (Å²) in [5.74, 6) is 0.0713. The van der Waals surface area contributed by atoms with Crippen molar-refractivity contribution in [3.63, 3.8) is 0 Å². The Hall–Kier alpha value is -4.26. The minimum Gasteiger partial charge on any atom is -0.493 e. The number of rotatable bonds is 7. The van der Waals surface area contributed by atoms with Crippen LogP contribution in [-0.4, -0.2) is 25.5 Å². The van der Waals surface area contributed by atoms with Gasteiger partial charge in [-0.15, -0.1) is 0 Å². The fraction of sp³-hybridized carbons (Fsp3) is 0.120. The number of aryl methyl sites for hydroxylation is 1. The quantitative estimate of drug-likeness (QED) is 0.430. The van der Waals surface area contributed by atoms with Crippen LogP contribution < -0.4 is 20.1 Å². The second-order valence-electron chi connectivity index (χ2n) is 7.11. The van der Waals surface area contributed by atoms with Crippen molar-refractivity contribution in [2.45, 2.75) is 6.92 Å². The smallest absolute Gasteiger partial charge is 0.293 e. The van der Waals surface area contributed by atoms with Gasteiger partial charge in [0.05, 0.1) is 7.11 Å². The van der Waals surface area contributed by atoms with Crippen LogP contribution in [-0.2, 0) is 4.79 Å². The molecule has 0 unspecified atom stereocenters. The lowest BCUT2D eigenvalue weighted by Crippen LogP contribution is -2.22. The lowest BCUT2D eigenvalue weighted by Gasteiger charge is -2.11. The number of carbonyl (C=O) groups excluding carboxylic acids is 2. The summed E-state index contributed by atoms with van der Waals surface area (Å²) in [7, 11) is 1.53. The van der Waals surface area contributed by atoms with E-state index in [-0.39, 0.29) is 12.4 Å². The fourth-order valence-corrected chi connectivity index (χ4v) is 3.21. The van der Waals surface area contributed by atoms with Gasteiger partial charge in [0, 0.05) is 11.1 Å². The maximum atomic E-state index is 12.9. The lowest BCUT2D eigenvalue weighted by atomic mass is 10.2. The molecule has 0 fully saturated rings. The van der Waals surface area contributed by atoms with Gasteiger partial charge in [0.15, 0.2) is 18.1 Å². The summed E-state index contributed by atoms with van der Waals surface area (Å²) < 4.78 is 16.6. The van der Waals surface area contributed by atoms with Crippen molar-refractivity contribution in [2.24, 2.45) is 0 Å². The van der Waals surface area contributed by atoms with Crippen molar-refractivity contribution in [3.05, 3.63) is 84.1 Å². The number of nitrogens with one attached hydrogen (secondary N) is 2. The van der Waals surface area contributed by atoms with Gasteiger partial charge in [0.1, 0.15) is 11.3 Å². The van der Waals surface area contributed by atoms with Crippen LogP contribution >= 0.6 is 0 Å². The summed E-state index contributed by atoms with van der Waals surface area (Å²) in [5.41, 5.74) is 2.48. The van der Waals surface area contributed by atoms with Crippen LogP contribution in [0.25, 0.3) is 11.0 Å². The van der Waals surface area contributed by atoms with Crippen molar-refractivity contribution in [1.29, 1.82) is 0 Å². The van der Waals surface area contributed by atoms with E-state index in [9.17, 15) is 9.59 Å². The number of para-hydroxylation sites is 3. The van der Waals surface area contributed by atoms with Gasteiger partial charge >= 0.3 is 0 Å². The van der Waals surface area contributed by atoms with E-state index in [4.69, 9.17) is 13.9 Å². The van der Waals surface area contributed by atoms with Gasteiger partial charge in [-0.3, -0.25) is 9.59 Å². The number of anilines is 2. The molecule has 0 atom stereocenters. The molecular formula is C25H22N2O5. The topological polar surface area (TPSA) is 89.8 Å². The molecule has 2 N–H and O–H groups in total. The number of hydrogen-bond acceptors (Lipinski definition) is 5. The van der Waals surface area contributed by atoms with Crippen LogP contribution in [0.4, 0.5) is 11.4 Å². The molecule has 0 aliphatic carbocycles. The predicted molar refractivity (Wildman–Crippen MR) is 122 cm³/mol. The molecule has 0 saturated carbocycles. The zero-order chi connectivity index (χ0) is 22.5. The summed E-state index contributed by atoms with van der Waals surface area (Å²) >= 11 is 0. The molecule has 0 aliphatic rings. The highest BCUT2D eigenvalue weighted by Crippen LogP contribution is 2.32. The molecule has 1 heterocycles. The monoisotopic (exact) mass is 430 g/mol. The number of hydrogen-bond donors (Lipinski definition) is 2. The Bertz CT molecular complexity index is 1260. The minimum absolute atomic E-state index is 0.0115. The van der Waals surface area contributed by atoms with E-state index < -0.39 is 11.8 Å². The highest BCUT2D eigenvalue weighted by molar-refractivity contribution is 6.14. The molecule has 0 aliphatic heterocycles. The number of fused-ring (bicyclic) bond motifs is 1. The molecule has 7 heteroatoms. The van der Waals surface area contributed by atoms with E-state index in [0.717, 1.165) is 5.56 Å². The van der Waals surface area contributed by atoms with Crippen LogP contribution in [0, 0.1) is 6.92 Å². The molecule has 7 nitrogen and oxygen atoms in total. The maximum absolute atomic E-state index is 12.9. The average molecular weight is 430 g/mol. The van der Waals surface area contributed by atoms with Crippen molar-refractivity contribution in [2.75, 3.05) is 24.4 Å². The molecule has 0 radical (unpaired) electrons. The third-order valence-corrected chi connectivity index (χ3v) is 4.80. The molecule has 2 amide bonds. The number of carbonyl (C=O) groups is 2. The average Bonchev–Trinajstić information content (AvgIpc) is 3.18. The lowest BCUT2D eigenvalue weighted by molar-refractivity contribution is -0.118. The van der Waals surface area contributed by atoms with E-state index in [1.807, 2.05) is 25.1 Å². The first kappa shape index (κ1) is 21.0. The number of methoxy groups -OCH3 is 1. The molecule has 1 aromatic heterocycles. The molecule has 32 heavy (non-hydrogen) atoms. The normalized spacial score (nSPS) is 10.6. The van der Waals surface area contributed by atoms with Crippen LogP contribution in [0.1, 0.15) is 16.1 Å². The van der Waals surface area contributed by atoms with Crippen LogP contribution in [0.3, 0.4) is 0 Å². The van der Waals surface area contributed by atoms with E-state index in [0.29, 0.717) is 33.8 Å². The summed E-state index contributed by atoms with van der Waals surface area (Å²) in [6.07, 6.45) is 0. The minimum atomic E-state index is -0.467. The number of amides is 2. The first-order chi connectivity index (χ1) is 15.5. The molecule has 0 saturated heterocycles.